The third-order valence-electron chi connectivity index (χ3n) is 6.98. The first-order valence-electron chi connectivity index (χ1n) is 12.4. The SMILES string of the molecule is COC(=O)C[C@@H](c1cc(OC)c2c(c1)OCCO2)c1c(Cc2ccc3c(c2)CCC(C)(C)O3)[nH][nH]c1=O. The van der Waals surface area contributed by atoms with E-state index in [-0.39, 0.29) is 17.6 Å². The van der Waals surface area contributed by atoms with Gasteiger partial charge in [-0.1, -0.05) is 12.1 Å². The third-order valence-corrected chi connectivity index (χ3v) is 6.98. The Bertz CT molecular complexity index is 1350. The van der Waals surface area contributed by atoms with Crippen LogP contribution in [0.5, 0.6) is 23.0 Å². The van der Waals surface area contributed by atoms with E-state index in [0.29, 0.717) is 53.7 Å². The first-order valence-corrected chi connectivity index (χ1v) is 12.4. The maximum absolute atomic E-state index is 13.1. The van der Waals surface area contributed by atoms with Gasteiger partial charge in [0, 0.05) is 23.6 Å². The molecule has 1 aromatic heterocycles. The molecule has 0 unspecified atom stereocenters. The molecule has 37 heavy (non-hydrogen) atoms. The Morgan fingerprint density at radius 3 is 2.68 bits per heavy atom. The highest BCUT2D eigenvalue weighted by Gasteiger charge is 2.30. The van der Waals surface area contributed by atoms with Crippen molar-refractivity contribution in [1.29, 1.82) is 0 Å². The topological polar surface area (TPSA) is 112 Å². The van der Waals surface area contributed by atoms with Crippen molar-refractivity contribution in [3.63, 3.8) is 0 Å². The van der Waals surface area contributed by atoms with Crippen LogP contribution in [0.2, 0.25) is 0 Å². The lowest BCUT2D eigenvalue weighted by Gasteiger charge is -2.32. The molecule has 0 spiro atoms. The zero-order valence-electron chi connectivity index (χ0n) is 21.6. The van der Waals surface area contributed by atoms with Gasteiger partial charge in [-0.25, -0.2) is 0 Å². The fourth-order valence-corrected chi connectivity index (χ4v) is 5.07. The molecule has 5 rings (SSSR count). The summed E-state index contributed by atoms with van der Waals surface area (Å²) in [6.45, 7) is 5.00. The second-order valence-electron chi connectivity index (χ2n) is 10.0. The molecule has 0 saturated carbocycles. The van der Waals surface area contributed by atoms with Crippen molar-refractivity contribution >= 4 is 5.97 Å². The lowest BCUT2D eigenvalue weighted by molar-refractivity contribution is -0.140. The summed E-state index contributed by atoms with van der Waals surface area (Å²) in [5, 5.41) is 5.76. The van der Waals surface area contributed by atoms with Crippen LogP contribution in [0.1, 0.15) is 60.6 Å². The van der Waals surface area contributed by atoms with Crippen molar-refractivity contribution in [3.05, 3.63) is 68.6 Å². The molecular formula is C28H32N2O7. The molecule has 1 atom stereocenters. The Morgan fingerprint density at radius 2 is 1.89 bits per heavy atom. The van der Waals surface area contributed by atoms with Crippen molar-refractivity contribution in [3.8, 4) is 23.0 Å². The van der Waals surface area contributed by atoms with Gasteiger partial charge in [0.05, 0.1) is 20.6 Å². The number of ether oxygens (including phenoxy) is 5. The molecule has 0 radical (unpaired) electrons. The van der Waals surface area contributed by atoms with E-state index < -0.39 is 11.9 Å². The second-order valence-corrected chi connectivity index (χ2v) is 10.0. The molecule has 196 valence electrons. The average molecular weight is 509 g/mol. The Hall–Kier alpha value is -3.88. The summed E-state index contributed by atoms with van der Waals surface area (Å²) in [4.78, 5) is 25.6. The minimum atomic E-state index is -0.594. The van der Waals surface area contributed by atoms with Gasteiger partial charge in [0.1, 0.15) is 24.6 Å². The van der Waals surface area contributed by atoms with Gasteiger partial charge in [0.2, 0.25) is 5.75 Å². The van der Waals surface area contributed by atoms with Gasteiger partial charge in [-0.15, -0.1) is 0 Å². The highest BCUT2D eigenvalue weighted by Crippen LogP contribution is 2.44. The third kappa shape index (κ3) is 5.03. The summed E-state index contributed by atoms with van der Waals surface area (Å²) in [6, 6.07) is 9.72. The lowest BCUT2D eigenvalue weighted by Crippen LogP contribution is -2.32. The molecule has 0 saturated heterocycles. The fraction of sp³-hybridized carbons (Fsp3) is 0.429. The molecule has 2 aliphatic heterocycles. The number of fused-ring (bicyclic) bond motifs is 2. The fourth-order valence-electron chi connectivity index (χ4n) is 5.07. The molecule has 2 aromatic carbocycles. The minimum absolute atomic E-state index is 0.0274. The maximum Gasteiger partial charge on any atom is 0.306 e. The number of H-pyrrole nitrogens is 2. The summed E-state index contributed by atoms with van der Waals surface area (Å²) in [5.74, 6) is 1.38. The highest BCUT2D eigenvalue weighted by molar-refractivity contribution is 5.72. The predicted molar refractivity (Wildman–Crippen MR) is 136 cm³/mol. The molecule has 9 heteroatoms. The van der Waals surface area contributed by atoms with E-state index in [2.05, 4.69) is 30.1 Å². The molecule has 2 N–H and O–H groups in total. The Morgan fingerprint density at radius 1 is 1.08 bits per heavy atom. The smallest absolute Gasteiger partial charge is 0.306 e. The highest BCUT2D eigenvalue weighted by atomic mass is 16.6. The van der Waals surface area contributed by atoms with Gasteiger partial charge in [-0.05, 0) is 61.6 Å². The monoisotopic (exact) mass is 508 g/mol. The van der Waals surface area contributed by atoms with E-state index in [0.717, 1.165) is 29.7 Å². The maximum atomic E-state index is 13.1. The van der Waals surface area contributed by atoms with Gasteiger partial charge in [0.25, 0.3) is 5.56 Å². The molecule has 9 nitrogen and oxygen atoms in total. The summed E-state index contributed by atoms with van der Waals surface area (Å²) >= 11 is 0. The van der Waals surface area contributed by atoms with Crippen molar-refractivity contribution in [2.75, 3.05) is 27.4 Å². The first kappa shape index (κ1) is 24.8. The zero-order valence-corrected chi connectivity index (χ0v) is 21.6. The second kappa shape index (κ2) is 9.88. The number of aromatic amines is 2. The number of esters is 1. The van der Waals surface area contributed by atoms with Crippen molar-refractivity contribution < 1.29 is 28.5 Å². The molecular weight excluding hydrogens is 476 g/mol. The van der Waals surface area contributed by atoms with Gasteiger partial charge >= 0.3 is 5.97 Å². The number of aromatic nitrogens is 2. The number of hydrogen-bond donors (Lipinski definition) is 2. The Kier molecular flexibility index (Phi) is 6.62. The van der Waals surface area contributed by atoms with Crippen LogP contribution in [0.4, 0.5) is 0 Å². The van der Waals surface area contributed by atoms with Crippen LogP contribution in [0, 0.1) is 0 Å². The predicted octanol–water partition coefficient (Wildman–Crippen LogP) is 3.87. The zero-order chi connectivity index (χ0) is 26.2. The Balaban J connectivity index is 1.53. The number of methoxy groups -OCH3 is 2. The van der Waals surface area contributed by atoms with Crippen molar-refractivity contribution in [2.24, 2.45) is 0 Å². The van der Waals surface area contributed by atoms with Crippen LogP contribution >= 0.6 is 0 Å². The summed E-state index contributed by atoms with van der Waals surface area (Å²) in [5.41, 5.74) is 3.58. The number of aryl methyl sites for hydroxylation is 1. The lowest BCUT2D eigenvalue weighted by atomic mass is 9.86. The average Bonchev–Trinajstić information content (AvgIpc) is 3.25. The van der Waals surface area contributed by atoms with E-state index in [1.807, 2.05) is 12.1 Å². The molecule has 3 heterocycles. The van der Waals surface area contributed by atoms with E-state index >= 15 is 0 Å². The first-order chi connectivity index (χ1) is 17.8. The summed E-state index contributed by atoms with van der Waals surface area (Å²) < 4.78 is 28.2. The van der Waals surface area contributed by atoms with E-state index in [1.54, 1.807) is 19.2 Å². The molecule has 0 aliphatic carbocycles. The minimum Gasteiger partial charge on any atom is -0.493 e. The number of carbonyl (C=O) groups excluding carboxylic acids is 1. The van der Waals surface area contributed by atoms with Crippen LogP contribution in [-0.2, 0) is 22.4 Å². The number of benzene rings is 2. The van der Waals surface area contributed by atoms with Crippen LogP contribution in [0.3, 0.4) is 0 Å². The molecule has 0 fully saturated rings. The number of rotatable bonds is 7. The van der Waals surface area contributed by atoms with Gasteiger partial charge < -0.3 is 28.8 Å². The molecule has 0 amide bonds. The summed E-state index contributed by atoms with van der Waals surface area (Å²) in [6.07, 6.45) is 2.31. The van der Waals surface area contributed by atoms with E-state index in [9.17, 15) is 9.59 Å². The summed E-state index contributed by atoms with van der Waals surface area (Å²) in [7, 11) is 2.88. The largest absolute Gasteiger partial charge is 0.493 e. The van der Waals surface area contributed by atoms with Gasteiger partial charge in [0.15, 0.2) is 11.5 Å². The molecule has 2 aliphatic rings. The van der Waals surface area contributed by atoms with E-state index in [4.69, 9.17) is 23.7 Å². The van der Waals surface area contributed by atoms with Gasteiger partial charge in [-0.2, -0.15) is 0 Å². The normalized spacial score (nSPS) is 16.3. The van der Waals surface area contributed by atoms with Gasteiger partial charge in [-0.3, -0.25) is 14.7 Å². The van der Waals surface area contributed by atoms with Crippen LogP contribution in [0.25, 0.3) is 0 Å². The van der Waals surface area contributed by atoms with Crippen molar-refractivity contribution in [1.82, 2.24) is 10.2 Å². The van der Waals surface area contributed by atoms with Crippen LogP contribution < -0.4 is 24.5 Å². The molecule has 0 bridgehead atoms. The Labute approximate surface area is 215 Å². The molecule has 3 aromatic rings. The van der Waals surface area contributed by atoms with Crippen LogP contribution in [0.15, 0.2) is 35.1 Å². The standard InChI is InChI=1S/C28H32N2O7/c1-28(2)8-7-17-11-16(5-6-21(17)37-28)12-20-25(27(32)30-29-20)19(15-24(31)34-4)18-13-22(33-3)26-23(14-18)35-9-10-36-26/h5-6,11,13-14,19H,7-10,12,15H2,1-4H3,(H2,29,30,32)/t19-/m0/s1. The number of nitrogens with one attached hydrogen (secondary N) is 2. The quantitative estimate of drug-likeness (QED) is 0.466. The van der Waals surface area contributed by atoms with E-state index in [1.165, 1.54) is 7.11 Å². The van der Waals surface area contributed by atoms with Crippen molar-refractivity contribution in [2.45, 2.75) is 51.0 Å². The number of hydrogen-bond acceptors (Lipinski definition) is 7. The number of carbonyl (C=O) groups is 1. The van der Waals surface area contributed by atoms with Crippen LogP contribution in [-0.4, -0.2) is 49.2 Å².